The van der Waals surface area contributed by atoms with Gasteiger partial charge in [0.25, 0.3) is 0 Å². The molecule has 8 heteroatoms. The van der Waals surface area contributed by atoms with Gasteiger partial charge in [0.15, 0.2) is 0 Å². The minimum Gasteiger partial charge on any atom is -0.480 e. The van der Waals surface area contributed by atoms with E-state index in [-0.39, 0.29) is 23.0 Å². The van der Waals surface area contributed by atoms with E-state index in [1.54, 1.807) is 31.3 Å². The van der Waals surface area contributed by atoms with Gasteiger partial charge in [-0.2, -0.15) is 4.98 Å². The van der Waals surface area contributed by atoms with Crippen LogP contribution in [0.1, 0.15) is 16.1 Å². The average Bonchev–Trinajstić information content (AvgIpc) is 3.03. The Labute approximate surface area is 143 Å². The number of carboxylic acids is 1. The number of aryl methyl sites for hydroxylation is 1. The van der Waals surface area contributed by atoms with E-state index in [0.717, 1.165) is 5.56 Å². The zero-order chi connectivity index (χ0) is 18.0. The van der Waals surface area contributed by atoms with Crippen molar-refractivity contribution in [1.82, 2.24) is 15.1 Å². The second kappa shape index (κ2) is 6.60. The quantitative estimate of drug-likeness (QED) is 0.755. The van der Waals surface area contributed by atoms with Crippen molar-refractivity contribution < 1.29 is 23.9 Å². The van der Waals surface area contributed by atoms with Crippen LogP contribution in [0, 0.1) is 6.92 Å². The monoisotopic (exact) mass is 341 g/mol. The number of ether oxygens (including phenoxy) is 2. The number of hydrogen-bond acceptors (Lipinski definition) is 7. The summed E-state index contributed by atoms with van der Waals surface area (Å²) >= 11 is 0. The zero-order valence-electron chi connectivity index (χ0n) is 13.8. The molecule has 0 aliphatic rings. The van der Waals surface area contributed by atoms with E-state index in [1.807, 2.05) is 6.07 Å². The molecule has 0 radical (unpaired) electrons. The van der Waals surface area contributed by atoms with Gasteiger partial charge >= 0.3 is 12.0 Å². The number of nitrogens with zero attached hydrogens (tertiary/aromatic N) is 3. The summed E-state index contributed by atoms with van der Waals surface area (Å²) in [6.45, 7) is 1.56. The molecule has 2 aromatic heterocycles. The van der Waals surface area contributed by atoms with E-state index < -0.39 is 5.97 Å². The Kier molecular flexibility index (Phi) is 4.34. The number of carboxylic acid groups (broad SMARTS) is 1. The Morgan fingerprint density at radius 1 is 1.20 bits per heavy atom. The molecule has 1 N–H and O–H groups in total. The van der Waals surface area contributed by atoms with E-state index in [2.05, 4.69) is 15.1 Å². The molecule has 0 unspecified atom stereocenters. The largest absolute Gasteiger partial charge is 0.480 e. The van der Waals surface area contributed by atoms with Gasteiger partial charge in [-0.1, -0.05) is 23.4 Å². The van der Waals surface area contributed by atoms with Gasteiger partial charge in [-0.05, 0) is 18.6 Å². The maximum absolute atomic E-state index is 11.4. The summed E-state index contributed by atoms with van der Waals surface area (Å²) in [5.41, 5.74) is 2.29. The number of carbonyl (C=O) groups is 1. The van der Waals surface area contributed by atoms with E-state index in [1.165, 1.54) is 14.2 Å². The summed E-state index contributed by atoms with van der Waals surface area (Å²) in [6, 6.07) is 7.34. The lowest BCUT2D eigenvalue weighted by atomic mass is 10.0. The second-order valence-corrected chi connectivity index (χ2v) is 5.13. The molecule has 1 aromatic carbocycles. The smallest absolute Gasteiger partial charge is 0.341 e. The number of aromatic carboxylic acids is 1. The summed E-state index contributed by atoms with van der Waals surface area (Å²) in [4.78, 5) is 19.7. The Morgan fingerprint density at radius 3 is 2.64 bits per heavy atom. The van der Waals surface area contributed by atoms with Crippen molar-refractivity contribution in [3.8, 4) is 34.3 Å². The fourth-order valence-electron chi connectivity index (χ4n) is 2.46. The molecule has 0 aliphatic carbocycles. The van der Waals surface area contributed by atoms with E-state index >= 15 is 0 Å². The third kappa shape index (κ3) is 3.01. The molecular formula is C17H15N3O5. The molecule has 3 rings (SSSR count). The summed E-state index contributed by atoms with van der Waals surface area (Å²) in [7, 11) is 2.97. The molecule has 0 aliphatic heterocycles. The van der Waals surface area contributed by atoms with Crippen molar-refractivity contribution in [1.29, 1.82) is 0 Å². The SMILES string of the molecule is COc1ncc(-c2cccc(-c3noc(C)c3C(=O)O)c2)c(OC)n1. The highest BCUT2D eigenvalue weighted by atomic mass is 16.5. The molecule has 2 heterocycles. The van der Waals surface area contributed by atoms with E-state index in [4.69, 9.17) is 14.0 Å². The van der Waals surface area contributed by atoms with Crippen LogP contribution in [0.3, 0.4) is 0 Å². The van der Waals surface area contributed by atoms with Crippen molar-refractivity contribution in [2.24, 2.45) is 0 Å². The summed E-state index contributed by atoms with van der Waals surface area (Å²) in [5.74, 6) is -0.499. The topological polar surface area (TPSA) is 108 Å². The van der Waals surface area contributed by atoms with Crippen molar-refractivity contribution in [3.05, 3.63) is 41.8 Å². The lowest BCUT2D eigenvalue weighted by Crippen LogP contribution is -2.00. The van der Waals surface area contributed by atoms with Gasteiger partial charge in [-0.15, -0.1) is 0 Å². The van der Waals surface area contributed by atoms with Crippen LogP contribution in [0.2, 0.25) is 0 Å². The predicted molar refractivity (Wildman–Crippen MR) is 87.8 cm³/mol. The molecule has 128 valence electrons. The number of methoxy groups -OCH3 is 2. The van der Waals surface area contributed by atoms with Crippen LogP contribution in [-0.4, -0.2) is 40.4 Å². The first-order chi connectivity index (χ1) is 12.0. The molecule has 0 amide bonds. The van der Waals surface area contributed by atoms with Gasteiger partial charge < -0.3 is 19.1 Å². The molecular weight excluding hydrogens is 326 g/mol. The molecule has 0 atom stereocenters. The number of rotatable bonds is 5. The number of benzene rings is 1. The van der Waals surface area contributed by atoms with E-state index in [9.17, 15) is 9.90 Å². The zero-order valence-corrected chi connectivity index (χ0v) is 13.8. The molecule has 8 nitrogen and oxygen atoms in total. The Hall–Kier alpha value is -3.42. The molecule has 0 spiro atoms. The predicted octanol–water partition coefficient (Wildman–Crippen LogP) is 2.82. The van der Waals surface area contributed by atoms with Crippen LogP contribution >= 0.6 is 0 Å². The summed E-state index contributed by atoms with van der Waals surface area (Å²) in [6.07, 6.45) is 1.58. The van der Waals surface area contributed by atoms with Gasteiger partial charge in [0.2, 0.25) is 5.88 Å². The fraction of sp³-hybridized carbons (Fsp3) is 0.176. The maximum Gasteiger partial charge on any atom is 0.341 e. The molecule has 3 aromatic rings. The number of hydrogen-bond donors (Lipinski definition) is 1. The van der Waals surface area contributed by atoms with Crippen LogP contribution in [0.25, 0.3) is 22.4 Å². The first-order valence-electron chi connectivity index (χ1n) is 7.30. The normalized spacial score (nSPS) is 10.5. The molecule has 0 bridgehead atoms. The Bertz CT molecular complexity index is 936. The highest BCUT2D eigenvalue weighted by Crippen LogP contribution is 2.33. The van der Waals surface area contributed by atoms with Crippen LogP contribution in [0.5, 0.6) is 11.9 Å². The number of aromatic nitrogens is 3. The van der Waals surface area contributed by atoms with E-state index in [0.29, 0.717) is 17.0 Å². The van der Waals surface area contributed by atoms with Crippen molar-refractivity contribution in [2.75, 3.05) is 14.2 Å². The van der Waals surface area contributed by atoms with Crippen LogP contribution in [-0.2, 0) is 0 Å². The Balaban J connectivity index is 2.11. The van der Waals surface area contributed by atoms with Gasteiger partial charge in [0.1, 0.15) is 17.0 Å². The second-order valence-electron chi connectivity index (χ2n) is 5.13. The molecule has 0 fully saturated rings. The molecule has 0 saturated carbocycles. The van der Waals surface area contributed by atoms with Crippen molar-refractivity contribution in [3.63, 3.8) is 0 Å². The molecule has 0 saturated heterocycles. The third-order valence-corrected chi connectivity index (χ3v) is 3.63. The fourth-order valence-corrected chi connectivity index (χ4v) is 2.46. The minimum absolute atomic E-state index is 0.0371. The highest BCUT2D eigenvalue weighted by Gasteiger charge is 2.21. The lowest BCUT2D eigenvalue weighted by molar-refractivity contribution is 0.0695. The third-order valence-electron chi connectivity index (χ3n) is 3.63. The molecule has 25 heavy (non-hydrogen) atoms. The van der Waals surface area contributed by atoms with Crippen LogP contribution in [0.15, 0.2) is 35.0 Å². The standard InChI is InChI=1S/C17H15N3O5/c1-9-13(16(21)22)14(20-25-9)11-6-4-5-10(7-11)12-8-18-17(24-3)19-15(12)23-2/h4-8H,1-3H3,(H,21,22). The lowest BCUT2D eigenvalue weighted by Gasteiger charge is -2.09. The van der Waals surface area contributed by atoms with Crippen LogP contribution in [0.4, 0.5) is 0 Å². The highest BCUT2D eigenvalue weighted by molar-refractivity contribution is 5.96. The van der Waals surface area contributed by atoms with Gasteiger partial charge in [-0.25, -0.2) is 9.78 Å². The first kappa shape index (κ1) is 16.4. The summed E-state index contributed by atoms with van der Waals surface area (Å²) < 4.78 is 15.3. The first-order valence-corrected chi connectivity index (χ1v) is 7.30. The average molecular weight is 341 g/mol. The van der Waals surface area contributed by atoms with Crippen molar-refractivity contribution >= 4 is 5.97 Å². The Morgan fingerprint density at radius 2 is 1.96 bits per heavy atom. The summed E-state index contributed by atoms with van der Waals surface area (Å²) in [5, 5.41) is 13.2. The van der Waals surface area contributed by atoms with Gasteiger partial charge in [-0.3, -0.25) is 0 Å². The minimum atomic E-state index is -1.09. The van der Waals surface area contributed by atoms with Gasteiger partial charge in [0.05, 0.1) is 19.8 Å². The van der Waals surface area contributed by atoms with Crippen LogP contribution < -0.4 is 9.47 Å². The van der Waals surface area contributed by atoms with Gasteiger partial charge in [0, 0.05) is 11.8 Å². The van der Waals surface area contributed by atoms with Crippen molar-refractivity contribution in [2.45, 2.75) is 6.92 Å². The maximum atomic E-state index is 11.4.